The lowest BCUT2D eigenvalue weighted by molar-refractivity contribution is -0.135. The molecule has 1 fully saturated rings. The summed E-state index contributed by atoms with van der Waals surface area (Å²) in [6, 6.07) is 4.57. The highest BCUT2D eigenvalue weighted by molar-refractivity contribution is 7.89. The largest absolute Gasteiger partial charge is 0.480 e. The molecule has 1 saturated heterocycles. The molecule has 118 valence electrons. The van der Waals surface area contributed by atoms with Gasteiger partial charge in [0.1, 0.15) is 12.1 Å². The average molecular weight is 327 g/mol. The van der Waals surface area contributed by atoms with E-state index in [-0.39, 0.29) is 4.90 Å². The van der Waals surface area contributed by atoms with Crippen molar-refractivity contribution in [3.8, 4) is 0 Å². The number of sulfonamides is 1. The predicted octanol–water partition coefficient (Wildman–Crippen LogP) is -0.896. The molecule has 0 aromatic heterocycles. The molecule has 1 aliphatic rings. The van der Waals surface area contributed by atoms with Gasteiger partial charge in [-0.3, -0.25) is 14.9 Å². The summed E-state index contributed by atoms with van der Waals surface area (Å²) in [6.45, 7) is 0.750. The van der Waals surface area contributed by atoms with Gasteiger partial charge >= 0.3 is 12.0 Å². The minimum absolute atomic E-state index is 0.147. The Morgan fingerprint density at radius 1 is 1.27 bits per heavy atom. The van der Waals surface area contributed by atoms with Gasteiger partial charge in [-0.05, 0) is 24.6 Å². The Morgan fingerprint density at radius 3 is 2.32 bits per heavy atom. The van der Waals surface area contributed by atoms with Gasteiger partial charge in [-0.15, -0.1) is 0 Å². The van der Waals surface area contributed by atoms with E-state index in [1.54, 1.807) is 0 Å². The van der Waals surface area contributed by atoms with Crippen LogP contribution in [0, 0.1) is 0 Å². The Labute approximate surface area is 125 Å². The molecule has 4 N–H and O–H groups in total. The number of carboxylic acids is 1. The van der Waals surface area contributed by atoms with Crippen molar-refractivity contribution in [2.45, 2.75) is 17.4 Å². The first kappa shape index (κ1) is 15.9. The molecule has 0 radical (unpaired) electrons. The quantitative estimate of drug-likeness (QED) is 0.517. The van der Waals surface area contributed by atoms with Crippen molar-refractivity contribution < 1.29 is 27.9 Å². The number of carbonyl (C=O) groups is 3. The van der Waals surface area contributed by atoms with E-state index < -0.39 is 40.0 Å². The number of hydrogen-bond donors (Lipinski definition) is 4. The minimum Gasteiger partial charge on any atom is -0.480 e. The molecule has 0 spiro atoms. The Kier molecular flexibility index (Phi) is 3.90. The van der Waals surface area contributed by atoms with Gasteiger partial charge in [-0.2, -0.15) is 4.72 Å². The maximum Gasteiger partial charge on any atom is 0.322 e. The van der Waals surface area contributed by atoms with E-state index in [1.807, 2.05) is 4.72 Å². The summed E-state index contributed by atoms with van der Waals surface area (Å²) in [5.74, 6) is -1.85. The molecule has 2 rings (SSSR count). The normalized spacial score (nSPS) is 21.3. The molecular formula is C12H13N3O6S. The number of rotatable bonds is 5. The van der Waals surface area contributed by atoms with Gasteiger partial charge in [0.05, 0.1) is 4.90 Å². The number of urea groups is 1. The average Bonchev–Trinajstić information content (AvgIpc) is 2.71. The monoisotopic (exact) mass is 327 g/mol. The lowest BCUT2D eigenvalue weighted by atomic mass is 9.92. The van der Waals surface area contributed by atoms with E-state index in [2.05, 4.69) is 10.6 Å². The van der Waals surface area contributed by atoms with Crippen LogP contribution in [0.3, 0.4) is 0 Å². The maximum atomic E-state index is 11.8. The van der Waals surface area contributed by atoms with Gasteiger partial charge in [-0.1, -0.05) is 12.1 Å². The Hall–Kier alpha value is -2.46. The van der Waals surface area contributed by atoms with Crippen molar-refractivity contribution in [2.24, 2.45) is 0 Å². The molecule has 22 heavy (non-hydrogen) atoms. The fourth-order valence-electron chi connectivity index (χ4n) is 1.95. The maximum absolute atomic E-state index is 11.8. The Balaban J connectivity index is 2.26. The number of benzene rings is 1. The summed E-state index contributed by atoms with van der Waals surface area (Å²) in [4.78, 5) is 33.2. The highest BCUT2D eigenvalue weighted by Gasteiger charge is 2.43. The molecule has 0 saturated carbocycles. The third-order valence-corrected chi connectivity index (χ3v) is 4.62. The number of imide groups is 1. The van der Waals surface area contributed by atoms with Crippen LogP contribution in [0.25, 0.3) is 0 Å². The Bertz CT molecular complexity index is 743. The summed E-state index contributed by atoms with van der Waals surface area (Å²) in [5.41, 5.74) is -0.888. The van der Waals surface area contributed by atoms with Gasteiger partial charge in [0, 0.05) is 0 Å². The molecule has 0 unspecified atom stereocenters. The van der Waals surface area contributed by atoms with Gasteiger partial charge in [0.15, 0.2) is 0 Å². The fourth-order valence-corrected chi connectivity index (χ4v) is 2.93. The van der Waals surface area contributed by atoms with Crippen molar-refractivity contribution in [3.63, 3.8) is 0 Å². The zero-order valence-electron chi connectivity index (χ0n) is 11.4. The third-order valence-electron chi connectivity index (χ3n) is 3.20. The summed E-state index contributed by atoms with van der Waals surface area (Å²) in [5, 5.41) is 13.0. The molecule has 9 nitrogen and oxygen atoms in total. The lowest BCUT2D eigenvalue weighted by Gasteiger charge is -2.21. The van der Waals surface area contributed by atoms with Crippen LogP contribution in [0.5, 0.6) is 0 Å². The van der Waals surface area contributed by atoms with E-state index in [0.717, 1.165) is 0 Å². The second-order valence-corrected chi connectivity index (χ2v) is 6.54. The van der Waals surface area contributed by atoms with Crippen LogP contribution in [-0.2, 0) is 25.2 Å². The van der Waals surface area contributed by atoms with Crippen LogP contribution in [0.2, 0.25) is 0 Å². The van der Waals surface area contributed by atoms with Crippen LogP contribution < -0.4 is 15.4 Å². The summed E-state index contributed by atoms with van der Waals surface area (Å²) in [6.07, 6.45) is 0. The van der Waals surface area contributed by atoms with E-state index in [9.17, 15) is 22.8 Å². The van der Waals surface area contributed by atoms with E-state index in [4.69, 9.17) is 5.11 Å². The molecule has 1 aliphatic heterocycles. The van der Waals surface area contributed by atoms with E-state index in [1.165, 1.54) is 31.2 Å². The van der Waals surface area contributed by atoms with Gasteiger partial charge in [-0.25, -0.2) is 13.2 Å². The highest BCUT2D eigenvalue weighted by Crippen LogP contribution is 2.25. The van der Waals surface area contributed by atoms with Crippen molar-refractivity contribution in [1.82, 2.24) is 15.4 Å². The second kappa shape index (κ2) is 5.39. The third kappa shape index (κ3) is 2.92. The van der Waals surface area contributed by atoms with E-state index >= 15 is 0 Å². The fraction of sp³-hybridized carbons (Fsp3) is 0.250. The van der Waals surface area contributed by atoms with Crippen LogP contribution in [0.1, 0.15) is 12.5 Å². The van der Waals surface area contributed by atoms with Crippen LogP contribution in [-0.4, -0.2) is 38.0 Å². The van der Waals surface area contributed by atoms with Crippen LogP contribution in [0.4, 0.5) is 4.79 Å². The number of aliphatic carboxylic acids is 1. The first-order chi connectivity index (χ1) is 10.1. The van der Waals surface area contributed by atoms with Gasteiger partial charge < -0.3 is 10.4 Å². The van der Waals surface area contributed by atoms with Crippen molar-refractivity contribution in [3.05, 3.63) is 29.8 Å². The van der Waals surface area contributed by atoms with Gasteiger partial charge in [0.2, 0.25) is 10.0 Å². The molecular weight excluding hydrogens is 314 g/mol. The van der Waals surface area contributed by atoms with Crippen LogP contribution in [0.15, 0.2) is 29.2 Å². The smallest absolute Gasteiger partial charge is 0.322 e. The number of hydrogen-bond acceptors (Lipinski definition) is 5. The molecule has 1 heterocycles. The molecule has 1 atom stereocenters. The summed E-state index contributed by atoms with van der Waals surface area (Å²) in [7, 11) is -3.96. The Morgan fingerprint density at radius 2 is 1.86 bits per heavy atom. The topological polar surface area (TPSA) is 142 Å². The number of carbonyl (C=O) groups excluding carboxylic acids is 2. The minimum atomic E-state index is -3.96. The molecule has 1 aromatic rings. The first-order valence-corrected chi connectivity index (χ1v) is 7.59. The van der Waals surface area contributed by atoms with Crippen LogP contribution >= 0.6 is 0 Å². The summed E-state index contributed by atoms with van der Waals surface area (Å²) >= 11 is 0. The first-order valence-electron chi connectivity index (χ1n) is 6.11. The molecule has 1 aromatic carbocycles. The molecule has 0 bridgehead atoms. The predicted molar refractivity (Wildman–Crippen MR) is 73.3 cm³/mol. The van der Waals surface area contributed by atoms with Crippen molar-refractivity contribution in [1.29, 1.82) is 0 Å². The second-order valence-electron chi connectivity index (χ2n) is 4.78. The summed E-state index contributed by atoms with van der Waals surface area (Å²) < 4.78 is 25.6. The SMILES string of the molecule is C[C@]1(c2ccc(S(=O)(=O)NCC(=O)O)cc2)NC(=O)NC1=O. The number of carboxylic acid groups (broad SMARTS) is 1. The zero-order chi connectivity index (χ0) is 16.5. The van der Waals surface area contributed by atoms with Crippen molar-refractivity contribution >= 4 is 27.9 Å². The molecule has 0 aliphatic carbocycles. The standard InChI is InChI=1S/C12H13N3O6S/c1-12(10(18)14-11(19)15-12)7-2-4-8(5-3-7)22(20,21)13-6-9(16)17/h2-5,13H,6H2,1H3,(H,16,17)(H2,14,15,18,19)/t12-/m1/s1. The number of amides is 3. The van der Waals surface area contributed by atoms with E-state index in [0.29, 0.717) is 5.56 Å². The zero-order valence-corrected chi connectivity index (χ0v) is 12.2. The highest BCUT2D eigenvalue weighted by atomic mass is 32.2. The molecule has 10 heteroatoms. The molecule has 3 amide bonds. The lowest BCUT2D eigenvalue weighted by Crippen LogP contribution is -2.40. The number of nitrogens with one attached hydrogen (secondary N) is 3. The van der Waals surface area contributed by atoms with Gasteiger partial charge in [0.25, 0.3) is 5.91 Å². The van der Waals surface area contributed by atoms with Crippen molar-refractivity contribution in [2.75, 3.05) is 6.54 Å².